The molecule has 92 valence electrons. The molecule has 0 N–H and O–H groups in total. The molecule has 1 aromatic rings. The van der Waals surface area contributed by atoms with Crippen molar-refractivity contribution < 1.29 is 14.3 Å². The Morgan fingerprint density at radius 3 is 2.35 bits per heavy atom. The molecule has 17 heavy (non-hydrogen) atoms. The van der Waals surface area contributed by atoms with E-state index in [4.69, 9.17) is 16.3 Å². The summed E-state index contributed by atoms with van der Waals surface area (Å²) in [7, 11) is 0. The van der Waals surface area contributed by atoms with Crippen LogP contribution in [0.5, 0.6) is 0 Å². The van der Waals surface area contributed by atoms with Gasteiger partial charge in [-0.2, -0.15) is 0 Å². The van der Waals surface area contributed by atoms with Crippen molar-refractivity contribution in [3.63, 3.8) is 0 Å². The Labute approximate surface area is 106 Å². The third-order valence-electron chi connectivity index (χ3n) is 2.30. The quantitative estimate of drug-likeness (QED) is 0.460. The largest absolute Gasteiger partial charge is 0.462 e. The highest BCUT2D eigenvalue weighted by atomic mass is 35.5. The smallest absolute Gasteiger partial charge is 0.338 e. The zero-order valence-electron chi connectivity index (χ0n) is 9.96. The molecule has 0 aliphatic rings. The van der Waals surface area contributed by atoms with E-state index in [0.717, 1.165) is 5.56 Å². The summed E-state index contributed by atoms with van der Waals surface area (Å²) in [5.41, 5.74) is 1.63. The summed E-state index contributed by atoms with van der Waals surface area (Å²) in [5.74, 6) is -0.177. The van der Waals surface area contributed by atoms with Crippen molar-refractivity contribution >= 4 is 23.4 Å². The van der Waals surface area contributed by atoms with Crippen molar-refractivity contribution in [1.82, 2.24) is 0 Å². The lowest BCUT2D eigenvalue weighted by molar-refractivity contribution is 0.0526. The number of carbonyl (C=O) groups excluding carboxylic acids is 2. The zero-order chi connectivity index (χ0) is 12.8. The third kappa shape index (κ3) is 3.56. The van der Waals surface area contributed by atoms with Crippen molar-refractivity contribution in [2.75, 3.05) is 6.61 Å². The number of esters is 1. The molecule has 4 heteroatoms. The minimum absolute atomic E-state index is 0.0116. The van der Waals surface area contributed by atoms with Gasteiger partial charge in [-0.05, 0) is 30.7 Å². The molecule has 0 saturated carbocycles. The van der Waals surface area contributed by atoms with E-state index in [1.807, 2.05) is 0 Å². The highest BCUT2D eigenvalue weighted by Crippen LogP contribution is 2.15. The minimum atomic E-state index is -0.426. The number of ketones is 1. The average molecular weight is 255 g/mol. The molecule has 3 nitrogen and oxygen atoms in total. The highest BCUT2D eigenvalue weighted by Gasteiger charge is 2.12. The predicted octanol–water partition coefficient (Wildman–Crippen LogP) is 3.19. The number of hydrogen-bond donors (Lipinski definition) is 0. The summed E-state index contributed by atoms with van der Waals surface area (Å²) >= 11 is 5.74. The minimum Gasteiger partial charge on any atom is -0.462 e. The van der Waals surface area contributed by atoms with Crippen molar-refractivity contribution in [1.29, 1.82) is 0 Å². The second-order valence-corrected chi connectivity index (χ2v) is 3.82. The number of Topliss-reactive ketones (excluding diaryl/α,β-unsaturated/α-hetero) is 1. The Bertz CT molecular complexity index is 427. The molecular formula is C13H15ClO3. The van der Waals surface area contributed by atoms with Gasteiger partial charge in [-0.3, -0.25) is 4.79 Å². The van der Waals surface area contributed by atoms with E-state index in [0.29, 0.717) is 24.2 Å². The van der Waals surface area contributed by atoms with Crippen LogP contribution in [0.2, 0.25) is 0 Å². The highest BCUT2D eigenvalue weighted by molar-refractivity contribution is 6.17. The maximum atomic E-state index is 11.6. The monoisotopic (exact) mass is 254 g/mol. The molecule has 0 amide bonds. The summed E-state index contributed by atoms with van der Waals surface area (Å²) in [5, 5.41) is 0. The molecule has 0 atom stereocenters. The van der Waals surface area contributed by atoms with Crippen LogP contribution in [0, 0.1) is 0 Å². The first-order valence-electron chi connectivity index (χ1n) is 5.52. The first-order valence-corrected chi connectivity index (χ1v) is 6.06. The van der Waals surface area contributed by atoms with Gasteiger partial charge < -0.3 is 4.74 Å². The van der Waals surface area contributed by atoms with Crippen LogP contribution in [0.3, 0.4) is 0 Å². The lowest BCUT2D eigenvalue weighted by Gasteiger charge is -2.06. The van der Waals surface area contributed by atoms with Crippen molar-refractivity contribution in [2.45, 2.75) is 26.1 Å². The van der Waals surface area contributed by atoms with Gasteiger partial charge >= 0.3 is 5.97 Å². The van der Waals surface area contributed by atoms with Crippen molar-refractivity contribution in [3.05, 3.63) is 34.9 Å². The third-order valence-corrected chi connectivity index (χ3v) is 2.61. The van der Waals surface area contributed by atoms with Crippen LogP contribution in [0.4, 0.5) is 0 Å². The van der Waals surface area contributed by atoms with Gasteiger partial charge in [0.25, 0.3) is 0 Å². The molecule has 0 bridgehead atoms. The molecule has 0 spiro atoms. The molecule has 0 radical (unpaired) electrons. The summed E-state index contributed by atoms with van der Waals surface area (Å²) in [6, 6.07) is 4.92. The second kappa shape index (κ2) is 6.40. The van der Waals surface area contributed by atoms with E-state index in [2.05, 4.69) is 0 Å². The van der Waals surface area contributed by atoms with Gasteiger partial charge in [0, 0.05) is 17.9 Å². The van der Waals surface area contributed by atoms with Gasteiger partial charge in [-0.25, -0.2) is 4.79 Å². The standard InChI is InChI=1S/C13H15ClO3/c1-3-12(15)10-5-9(8-14)6-11(7-10)13(16)17-4-2/h5-7H,3-4,8H2,1-2H3. The normalized spacial score (nSPS) is 10.1. The topological polar surface area (TPSA) is 43.4 Å². The van der Waals surface area contributed by atoms with E-state index in [-0.39, 0.29) is 11.7 Å². The van der Waals surface area contributed by atoms with E-state index >= 15 is 0 Å². The Hall–Kier alpha value is -1.35. The Morgan fingerprint density at radius 2 is 1.82 bits per heavy atom. The molecular weight excluding hydrogens is 240 g/mol. The first-order chi connectivity index (χ1) is 8.12. The summed E-state index contributed by atoms with van der Waals surface area (Å²) in [4.78, 5) is 23.2. The average Bonchev–Trinajstić information content (AvgIpc) is 2.37. The lowest BCUT2D eigenvalue weighted by atomic mass is 10.0. The van der Waals surface area contributed by atoms with Crippen molar-refractivity contribution in [3.8, 4) is 0 Å². The number of ether oxygens (including phenoxy) is 1. The fraction of sp³-hybridized carbons (Fsp3) is 0.385. The SMILES string of the molecule is CCOC(=O)c1cc(CCl)cc(C(=O)CC)c1. The Morgan fingerprint density at radius 1 is 1.18 bits per heavy atom. The Kier molecular flexibility index (Phi) is 5.16. The number of alkyl halides is 1. The molecule has 0 saturated heterocycles. The van der Waals surface area contributed by atoms with E-state index in [9.17, 15) is 9.59 Å². The van der Waals surface area contributed by atoms with Crippen LogP contribution < -0.4 is 0 Å². The van der Waals surface area contributed by atoms with Crippen LogP contribution in [-0.4, -0.2) is 18.4 Å². The van der Waals surface area contributed by atoms with Gasteiger partial charge in [-0.1, -0.05) is 6.92 Å². The molecule has 0 unspecified atom stereocenters. The van der Waals surface area contributed by atoms with Crippen LogP contribution in [0.15, 0.2) is 18.2 Å². The first kappa shape index (κ1) is 13.7. The fourth-order valence-corrected chi connectivity index (χ4v) is 1.62. The molecule has 1 aromatic carbocycles. The van der Waals surface area contributed by atoms with Crippen LogP contribution >= 0.6 is 11.6 Å². The fourth-order valence-electron chi connectivity index (χ4n) is 1.47. The van der Waals surface area contributed by atoms with Crippen LogP contribution in [-0.2, 0) is 10.6 Å². The number of carbonyl (C=O) groups is 2. The summed E-state index contributed by atoms with van der Waals surface area (Å²) in [6.07, 6.45) is 0.397. The maximum absolute atomic E-state index is 11.6. The van der Waals surface area contributed by atoms with E-state index < -0.39 is 5.97 Å². The van der Waals surface area contributed by atoms with Crippen molar-refractivity contribution in [2.24, 2.45) is 0 Å². The predicted molar refractivity (Wildman–Crippen MR) is 66.6 cm³/mol. The molecule has 0 aliphatic heterocycles. The van der Waals surface area contributed by atoms with Gasteiger partial charge in [0.15, 0.2) is 5.78 Å². The second-order valence-electron chi connectivity index (χ2n) is 3.55. The molecule has 1 rings (SSSR count). The number of benzene rings is 1. The van der Waals surface area contributed by atoms with Gasteiger partial charge in [0.05, 0.1) is 12.2 Å². The molecule has 0 aromatic heterocycles. The van der Waals surface area contributed by atoms with Crippen LogP contribution in [0.25, 0.3) is 0 Å². The molecule has 0 aliphatic carbocycles. The van der Waals surface area contributed by atoms with Gasteiger partial charge in [0.2, 0.25) is 0 Å². The lowest BCUT2D eigenvalue weighted by Crippen LogP contribution is -2.07. The summed E-state index contributed by atoms with van der Waals surface area (Å²) in [6.45, 7) is 3.82. The zero-order valence-corrected chi connectivity index (χ0v) is 10.7. The molecule has 0 fully saturated rings. The Balaban J connectivity index is 3.13. The number of halogens is 1. The maximum Gasteiger partial charge on any atom is 0.338 e. The number of hydrogen-bond acceptors (Lipinski definition) is 3. The van der Waals surface area contributed by atoms with Crippen LogP contribution in [0.1, 0.15) is 46.5 Å². The number of rotatable bonds is 5. The van der Waals surface area contributed by atoms with Gasteiger partial charge in [-0.15, -0.1) is 11.6 Å². The van der Waals surface area contributed by atoms with Gasteiger partial charge in [0.1, 0.15) is 0 Å². The van der Waals surface area contributed by atoms with E-state index in [1.165, 1.54) is 0 Å². The van der Waals surface area contributed by atoms with E-state index in [1.54, 1.807) is 32.0 Å². The summed E-state index contributed by atoms with van der Waals surface area (Å²) < 4.78 is 4.90. The molecule has 0 heterocycles.